The summed E-state index contributed by atoms with van der Waals surface area (Å²) in [5.74, 6) is -0.0803. The third-order valence-corrected chi connectivity index (χ3v) is 5.40. The maximum atomic E-state index is 13.4. The molecule has 0 bridgehead atoms. The molecule has 0 aliphatic heterocycles. The van der Waals surface area contributed by atoms with Crippen molar-refractivity contribution < 1.29 is 9.18 Å². The fraction of sp³-hybridized carbons (Fsp3) is 0.0870. The standard InChI is InChI=1S/C23H19FN4OS/c1-28-21(20(27-23(28)30-2)15-8-10-18(24)11-9-15)17-12-13-25-19(14-17)26-22(29)16-6-4-3-5-7-16/h3-14H,1-2H3,(H,25,26,29). The van der Waals surface area contributed by atoms with Gasteiger partial charge in [0.2, 0.25) is 0 Å². The van der Waals surface area contributed by atoms with E-state index < -0.39 is 0 Å². The van der Waals surface area contributed by atoms with Gasteiger partial charge >= 0.3 is 0 Å². The third kappa shape index (κ3) is 3.97. The smallest absolute Gasteiger partial charge is 0.256 e. The van der Waals surface area contributed by atoms with Gasteiger partial charge in [-0.2, -0.15) is 0 Å². The summed E-state index contributed by atoms with van der Waals surface area (Å²) >= 11 is 1.53. The molecule has 4 rings (SSSR count). The summed E-state index contributed by atoms with van der Waals surface area (Å²) in [4.78, 5) is 21.5. The molecule has 0 aliphatic rings. The first-order valence-corrected chi connectivity index (χ1v) is 10.5. The van der Waals surface area contributed by atoms with Gasteiger partial charge in [-0.25, -0.2) is 14.4 Å². The zero-order valence-electron chi connectivity index (χ0n) is 16.5. The maximum Gasteiger partial charge on any atom is 0.256 e. The minimum Gasteiger partial charge on any atom is -0.322 e. The second-order valence-electron chi connectivity index (χ2n) is 6.61. The molecule has 2 heterocycles. The summed E-state index contributed by atoms with van der Waals surface area (Å²) in [6.07, 6.45) is 3.61. The lowest BCUT2D eigenvalue weighted by Crippen LogP contribution is -2.12. The number of pyridine rings is 1. The lowest BCUT2D eigenvalue weighted by molar-refractivity contribution is 0.102. The largest absolute Gasteiger partial charge is 0.322 e. The summed E-state index contributed by atoms with van der Waals surface area (Å²) < 4.78 is 15.4. The topological polar surface area (TPSA) is 59.8 Å². The number of thioether (sulfide) groups is 1. The minimum absolute atomic E-state index is 0.228. The van der Waals surface area contributed by atoms with Gasteiger partial charge in [0.15, 0.2) is 5.16 Å². The Morgan fingerprint density at radius 1 is 1.03 bits per heavy atom. The quantitative estimate of drug-likeness (QED) is 0.449. The molecule has 150 valence electrons. The Kier molecular flexibility index (Phi) is 5.63. The van der Waals surface area contributed by atoms with Crippen molar-refractivity contribution in [2.75, 3.05) is 11.6 Å². The normalized spacial score (nSPS) is 10.8. The Bertz CT molecular complexity index is 1190. The molecule has 0 fully saturated rings. The van der Waals surface area contributed by atoms with E-state index in [-0.39, 0.29) is 11.7 Å². The number of benzene rings is 2. The number of rotatable bonds is 5. The second-order valence-corrected chi connectivity index (χ2v) is 7.38. The van der Waals surface area contributed by atoms with Crippen molar-refractivity contribution in [1.82, 2.24) is 14.5 Å². The molecule has 4 aromatic rings. The number of halogens is 1. The molecular formula is C23H19FN4OS. The Morgan fingerprint density at radius 2 is 1.77 bits per heavy atom. The summed E-state index contributed by atoms with van der Waals surface area (Å²) in [7, 11) is 1.93. The molecule has 0 aliphatic carbocycles. The number of amides is 1. The van der Waals surface area contributed by atoms with E-state index in [0.717, 1.165) is 27.7 Å². The number of imidazole rings is 1. The lowest BCUT2D eigenvalue weighted by Gasteiger charge is -2.10. The van der Waals surface area contributed by atoms with Crippen LogP contribution >= 0.6 is 11.8 Å². The van der Waals surface area contributed by atoms with Gasteiger partial charge in [0.1, 0.15) is 11.6 Å². The van der Waals surface area contributed by atoms with Crippen LogP contribution in [0.5, 0.6) is 0 Å². The van der Waals surface area contributed by atoms with Crippen molar-refractivity contribution in [2.24, 2.45) is 7.05 Å². The first-order chi connectivity index (χ1) is 14.6. The van der Waals surface area contributed by atoms with Gasteiger partial charge in [0.05, 0.1) is 11.4 Å². The van der Waals surface area contributed by atoms with Gasteiger partial charge in [-0.15, -0.1) is 0 Å². The highest BCUT2D eigenvalue weighted by molar-refractivity contribution is 7.98. The maximum absolute atomic E-state index is 13.4. The molecule has 7 heteroatoms. The zero-order chi connectivity index (χ0) is 21.1. The lowest BCUT2D eigenvalue weighted by atomic mass is 10.1. The van der Waals surface area contributed by atoms with Gasteiger partial charge in [0.25, 0.3) is 5.91 Å². The van der Waals surface area contributed by atoms with Crippen LogP contribution in [0.2, 0.25) is 0 Å². The molecule has 1 N–H and O–H groups in total. The molecule has 30 heavy (non-hydrogen) atoms. The van der Waals surface area contributed by atoms with E-state index in [1.54, 1.807) is 30.5 Å². The average Bonchev–Trinajstić information content (AvgIpc) is 3.11. The number of anilines is 1. The summed E-state index contributed by atoms with van der Waals surface area (Å²) in [5.41, 5.74) is 3.83. The SMILES string of the molecule is CSc1nc(-c2ccc(F)cc2)c(-c2ccnc(NC(=O)c3ccccc3)c2)n1C. The van der Waals surface area contributed by atoms with E-state index in [0.29, 0.717) is 11.4 Å². The van der Waals surface area contributed by atoms with Gasteiger partial charge in [-0.05, 0) is 54.8 Å². The molecule has 0 radical (unpaired) electrons. The zero-order valence-corrected chi connectivity index (χ0v) is 17.3. The molecule has 1 amide bonds. The van der Waals surface area contributed by atoms with Crippen LogP contribution < -0.4 is 5.32 Å². The van der Waals surface area contributed by atoms with Gasteiger partial charge in [-0.1, -0.05) is 30.0 Å². The number of hydrogen-bond acceptors (Lipinski definition) is 4. The predicted octanol–water partition coefficient (Wildman–Crippen LogP) is 5.26. The Labute approximate surface area is 178 Å². The summed E-state index contributed by atoms with van der Waals surface area (Å²) in [5, 5.41) is 3.67. The van der Waals surface area contributed by atoms with E-state index in [1.165, 1.54) is 23.9 Å². The molecular weight excluding hydrogens is 399 g/mol. The summed E-state index contributed by atoms with van der Waals surface area (Å²) in [6, 6.07) is 18.9. The number of carbonyl (C=O) groups excluding carboxylic acids is 1. The van der Waals surface area contributed by atoms with E-state index in [4.69, 9.17) is 4.98 Å². The van der Waals surface area contributed by atoms with Crippen LogP contribution in [-0.2, 0) is 7.05 Å². The second kappa shape index (κ2) is 8.51. The molecule has 0 spiro atoms. The van der Waals surface area contributed by atoms with Crippen molar-refractivity contribution in [3.8, 4) is 22.5 Å². The highest BCUT2D eigenvalue weighted by Crippen LogP contribution is 2.35. The number of aromatic nitrogens is 3. The highest BCUT2D eigenvalue weighted by Gasteiger charge is 2.18. The van der Waals surface area contributed by atoms with E-state index in [1.807, 2.05) is 48.2 Å². The number of nitrogens with one attached hydrogen (secondary N) is 1. The van der Waals surface area contributed by atoms with Crippen molar-refractivity contribution in [3.63, 3.8) is 0 Å². The third-order valence-electron chi connectivity index (χ3n) is 4.67. The molecule has 5 nitrogen and oxygen atoms in total. The van der Waals surface area contributed by atoms with Crippen LogP contribution in [0.3, 0.4) is 0 Å². The molecule has 0 unspecified atom stereocenters. The van der Waals surface area contributed by atoms with Crippen LogP contribution in [0.25, 0.3) is 22.5 Å². The van der Waals surface area contributed by atoms with Gasteiger partial charge in [0, 0.05) is 29.9 Å². The first kappa shape index (κ1) is 19.8. The van der Waals surface area contributed by atoms with Gasteiger partial charge < -0.3 is 9.88 Å². The first-order valence-electron chi connectivity index (χ1n) is 9.26. The van der Waals surface area contributed by atoms with Crippen LogP contribution in [0.15, 0.2) is 78.1 Å². The summed E-state index contributed by atoms with van der Waals surface area (Å²) in [6.45, 7) is 0. The fourth-order valence-electron chi connectivity index (χ4n) is 3.22. The molecule has 0 saturated carbocycles. The van der Waals surface area contributed by atoms with Crippen molar-refractivity contribution in [3.05, 3.63) is 84.3 Å². The number of hydrogen-bond donors (Lipinski definition) is 1. The van der Waals surface area contributed by atoms with E-state index in [9.17, 15) is 9.18 Å². The van der Waals surface area contributed by atoms with Crippen LogP contribution in [0.1, 0.15) is 10.4 Å². The van der Waals surface area contributed by atoms with Crippen molar-refractivity contribution >= 4 is 23.5 Å². The number of carbonyl (C=O) groups is 1. The molecule has 0 saturated heterocycles. The Hall–Kier alpha value is -3.45. The minimum atomic E-state index is -0.295. The predicted molar refractivity (Wildman–Crippen MR) is 118 cm³/mol. The van der Waals surface area contributed by atoms with Crippen LogP contribution in [0, 0.1) is 5.82 Å². The van der Waals surface area contributed by atoms with Crippen LogP contribution in [-0.4, -0.2) is 26.7 Å². The van der Waals surface area contributed by atoms with E-state index >= 15 is 0 Å². The molecule has 0 atom stereocenters. The van der Waals surface area contributed by atoms with Crippen molar-refractivity contribution in [2.45, 2.75) is 5.16 Å². The molecule has 2 aromatic heterocycles. The Balaban J connectivity index is 1.74. The molecule has 2 aromatic carbocycles. The Morgan fingerprint density at radius 3 is 2.47 bits per heavy atom. The van der Waals surface area contributed by atoms with Gasteiger partial charge in [-0.3, -0.25) is 4.79 Å². The fourth-order valence-corrected chi connectivity index (χ4v) is 3.77. The number of nitrogens with zero attached hydrogens (tertiary/aromatic N) is 3. The van der Waals surface area contributed by atoms with Crippen molar-refractivity contribution in [1.29, 1.82) is 0 Å². The average molecular weight is 418 g/mol. The highest BCUT2D eigenvalue weighted by atomic mass is 32.2. The monoisotopic (exact) mass is 418 g/mol. The van der Waals surface area contributed by atoms with E-state index in [2.05, 4.69) is 10.3 Å². The van der Waals surface area contributed by atoms with Crippen LogP contribution in [0.4, 0.5) is 10.2 Å².